The summed E-state index contributed by atoms with van der Waals surface area (Å²) in [5, 5.41) is 6.87. The predicted molar refractivity (Wildman–Crippen MR) is 79.2 cm³/mol. The molecule has 118 valence electrons. The number of carbonyl (C=O) groups excluding carboxylic acids is 1. The van der Waals surface area contributed by atoms with Gasteiger partial charge in [0.1, 0.15) is 5.76 Å². The van der Waals surface area contributed by atoms with E-state index in [1.54, 1.807) is 0 Å². The monoisotopic (exact) mass is 295 g/mol. The van der Waals surface area contributed by atoms with Gasteiger partial charge >= 0.3 is 0 Å². The molecule has 2 heterocycles. The number of nitrogens with zero attached hydrogens (tertiary/aromatic N) is 2. The molecule has 6 nitrogen and oxygen atoms in total. The number of ether oxygens (including phenoxy) is 1. The van der Waals surface area contributed by atoms with E-state index < -0.39 is 0 Å². The molecule has 0 unspecified atom stereocenters. The lowest BCUT2D eigenvalue weighted by Crippen LogP contribution is -2.38. The second-order valence-corrected chi connectivity index (χ2v) is 5.46. The van der Waals surface area contributed by atoms with E-state index in [4.69, 9.17) is 9.26 Å². The molecule has 2 rings (SSSR count). The molecule has 1 aliphatic heterocycles. The van der Waals surface area contributed by atoms with Crippen molar-refractivity contribution in [1.29, 1.82) is 0 Å². The van der Waals surface area contributed by atoms with E-state index in [0.29, 0.717) is 12.8 Å². The van der Waals surface area contributed by atoms with Crippen LogP contribution in [0.25, 0.3) is 0 Å². The van der Waals surface area contributed by atoms with Crippen LogP contribution in [0.1, 0.15) is 29.9 Å². The van der Waals surface area contributed by atoms with Crippen LogP contribution >= 0.6 is 0 Å². The smallest absolute Gasteiger partial charge is 0.220 e. The highest BCUT2D eigenvalue weighted by Crippen LogP contribution is 2.14. The molecule has 0 spiro atoms. The molecule has 1 aromatic rings. The zero-order chi connectivity index (χ0) is 15.1. The van der Waals surface area contributed by atoms with Crippen LogP contribution in [-0.4, -0.2) is 55.4 Å². The fourth-order valence-electron chi connectivity index (χ4n) is 2.54. The standard InChI is InChI=1S/C15H25N3O3/c1-12-14(13(2)21-17-12)4-5-15(19)16-6-3-7-18-8-10-20-11-9-18/h3-11H2,1-2H3,(H,16,19). The van der Waals surface area contributed by atoms with Crippen LogP contribution in [0.15, 0.2) is 4.52 Å². The summed E-state index contributed by atoms with van der Waals surface area (Å²) in [6, 6.07) is 0. The number of aromatic nitrogens is 1. The highest BCUT2D eigenvalue weighted by atomic mass is 16.5. The first-order chi connectivity index (χ1) is 10.2. The third-order valence-corrected chi connectivity index (χ3v) is 3.86. The molecule has 0 saturated carbocycles. The Morgan fingerprint density at radius 1 is 1.33 bits per heavy atom. The number of morpholine rings is 1. The van der Waals surface area contributed by atoms with Crippen molar-refractivity contribution in [2.24, 2.45) is 0 Å². The molecular formula is C15H25N3O3. The zero-order valence-corrected chi connectivity index (χ0v) is 13.0. The van der Waals surface area contributed by atoms with E-state index in [0.717, 1.165) is 62.8 Å². The van der Waals surface area contributed by atoms with Crippen LogP contribution in [-0.2, 0) is 16.0 Å². The molecule has 6 heteroatoms. The lowest BCUT2D eigenvalue weighted by atomic mass is 10.1. The van der Waals surface area contributed by atoms with Gasteiger partial charge in [-0.3, -0.25) is 9.69 Å². The topological polar surface area (TPSA) is 67.6 Å². The summed E-state index contributed by atoms with van der Waals surface area (Å²) in [5.41, 5.74) is 1.94. The van der Waals surface area contributed by atoms with E-state index in [1.807, 2.05) is 13.8 Å². The first-order valence-electron chi connectivity index (χ1n) is 7.65. The number of hydrogen-bond acceptors (Lipinski definition) is 5. The summed E-state index contributed by atoms with van der Waals surface area (Å²) in [6.07, 6.45) is 2.16. The fourth-order valence-corrected chi connectivity index (χ4v) is 2.54. The predicted octanol–water partition coefficient (Wildman–Crippen LogP) is 1.06. The number of carbonyl (C=O) groups is 1. The maximum absolute atomic E-state index is 11.8. The molecule has 1 fully saturated rings. The molecule has 1 N–H and O–H groups in total. The van der Waals surface area contributed by atoms with Gasteiger partial charge in [-0.05, 0) is 33.2 Å². The molecule has 21 heavy (non-hydrogen) atoms. The maximum Gasteiger partial charge on any atom is 0.220 e. The minimum absolute atomic E-state index is 0.0944. The summed E-state index contributed by atoms with van der Waals surface area (Å²) in [7, 11) is 0. The molecule has 0 bridgehead atoms. The summed E-state index contributed by atoms with van der Waals surface area (Å²) in [5.74, 6) is 0.907. The van der Waals surface area contributed by atoms with Gasteiger partial charge in [0.15, 0.2) is 0 Å². The second kappa shape index (κ2) is 8.14. The van der Waals surface area contributed by atoms with Crippen molar-refractivity contribution in [2.75, 3.05) is 39.4 Å². The Balaban J connectivity index is 1.57. The van der Waals surface area contributed by atoms with E-state index in [-0.39, 0.29) is 5.91 Å². The Labute approximate surface area is 125 Å². The zero-order valence-electron chi connectivity index (χ0n) is 13.0. The van der Waals surface area contributed by atoms with Crippen molar-refractivity contribution >= 4 is 5.91 Å². The first kappa shape index (κ1) is 16.0. The van der Waals surface area contributed by atoms with Gasteiger partial charge in [-0.1, -0.05) is 5.16 Å². The van der Waals surface area contributed by atoms with Crippen LogP contribution in [0.4, 0.5) is 0 Å². The van der Waals surface area contributed by atoms with Gasteiger partial charge in [-0.15, -0.1) is 0 Å². The van der Waals surface area contributed by atoms with E-state index in [2.05, 4.69) is 15.4 Å². The summed E-state index contributed by atoms with van der Waals surface area (Å²) in [6.45, 7) is 9.19. The minimum atomic E-state index is 0.0944. The van der Waals surface area contributed by atoms with Crippen LogP contribution in [0, 0.1) is 13.8 Å². The maximum atomic E-state index is 11.8. The Bertz CT molecular complexity index is 434. The average Bonchev–Trinajstić information content (AvgIpc) is 2.81. The summed E-state index contributed by atoms with van der Waals surface area (Å²) >= 11 is 0. The number of rotatable bonds is 7. The van der Waals surface area contributed by atoms with E-state index in [1.165, 1.54) is 0 Å². The minimum Gasteiger partial charge on any atom is -0.379 e. The molecule has 0 aromatic carbocycles. The Hall–Kier alpha value is -1.40. The fraction of sp³-hybridized carbons (Fsp3) is 0.733. The number of nitrogens with one attached hydrogen (secondary N) is 1. The van der Waals surface area contributed by atoms with Crippen molar-refractivity contribution in [3.05, 3.63) is 17.0 Å². The number of hydrogen-bond donors (Lipinski definition) is 1. The largest absolute Gasteiger partial charge is 0.379 e. The number of aryl methyl sites for hydroxylation is 2. The van der Waals surface area contributed by atoms with E-state index in [9.17, 15) is 4.79 Å². The van der Waals surface area contributed by atoms with Crippen molar-refractivity contribution in [1.82, 2.24) is 15.4 Å². The first-order valence-corrected chi connectivity index (χ1v) is 7.65. The van der Waals surface area contributed by atoms with Gasteiger partial charge in [-0.2, -0.15) is 0 Å². The van der Waals surface area contributed by atoms with Crippen LogP contribution in [0.5, 0.6) is 0 Å². The Morgan fingerprint density at radius 2 is 2.10 bits per heavy atom. The van der Waals surface area contributed by atoms with Gasteiger partial charge in [0, 0.05) is 31.6 Å². The summed E-state index contributed by atoms with van der Waals surface area (Å²) in [4.78, 5) is 14.2. The molecule has 0 aliphatic carbocycles. The van der Waals surface area contributed by atoms with Crippen molar-refractivity contribution in [2.45, 2.75) is 33.1 Å². The quantitative estimate of drug-likeness (QED) is 0.762. The lowest BCUT2D eigenvalue weighted by molar-refractivity contribution is -0.121. The molecule has 1 saturated heterocycles. The third-order valence-electron chi connectivity index (χ3n) is 3.86. The van der Waals surface area contributed by atoms with Crippen LogP contribution < -0.4 is 5.32 Å². The van der Waals surface area contributed by atoms with Gasteiger partial charge in [-0.25, -0.2) is 0 Å². The van der Waals surface area contributed by atoms with Crippen LogP contribution in [0.3, 0.4) is 0 Å². The lowest BCUT2D eigenvalue weighted by Gasteiger charge is -2.26. The van der Waals surface area contributed by atoms with Gasteiger partial charge in [0.05, 0.1) is 18.9 Å². The SMILES string of the molecule is Cc1noc(C)c1CCC(=O)NCCCN1CCOCC1. The highest BCUT2D eigenvalue weighted by Gasteiger charge is 2.12. The Morgan fingerprint density at radius 3 is 2.76 bits per heavy atom. The molecule has 0 radical (unpaired) electrons. The third kappa shape index (κ3) is 5.13. The Kier molecular flexibility index (Phi) is 6.20. The molecule has 1 aliphatic rings. The van der Waals surface area contributed by atoms with Crippen molar-refractivity contribution < 1.29 is 14.1 Å². The molecule has 1 aromatic heterocycles. The molecule has 1 amide bonds. The van der Waals surface area contributed by atoms with Gasteiger partial charge in [0.25, 0.3) is 0 Å². The van der Waals surface area contributed by atoms with Gasteiger partial charge < -0.3 is 14.6 Å². The van der Waals surface area contributed by atoms with Crippen molar-refractivity contribution in [3.63, 3.8) is 0 Å². The van der Waals surface area contributed by atoms with Crippen LogP contribution in [0.2, 0.25) is 0 Å². The normalized spacial score (nSPS) is 16.1. The average molecular weight is 295 g/mol. The number of amides is 1. The highest BCUT2D eigenvalue weighted by molar-refractivity contribution is 5.76. The second-order valence-electron chi connectivity index (χ2n) is 5.46. The summed E-state index contributed by atoms with van der Waals surface area (Å²) < 4.78 is 10.4. The molecule has 0 atom stereocenters. The van der Waals surface area contributed by atoms with E-state index >= 15 is 0 Å². The molecular weight excluding hydrogens is 270 g/mol. The van der Waals surface area contributed by atoms with Gasteiger partial charge in [0.2, 0.25) is 5.91 Å². The van der Waals surface area contributed by atoms with Crippen molar-refractivity contribution in [3.8, 4) is 0 Å².